The Morgan fingerprint density at radius 2 is 1.70 bits per heavy atom. The zero-order valence-electron chi connectivity index (χ0n) is 24.5. The van der Waals surface area contributed by atoms with Gasteiger partial charge in [0.15, 0.2) is 0 Å². The number of urea groups is 1. The van der Waals surface area contributed by atoms with Gasteiger partial charge in [0.25, 0.3) is 0 Å². The fraction of sp³-hybridized carbons (Fsp3) is 0.200. The number of hydrogen-bond donors (Lipinski definition) is 6. The van der Waals surface area contributed by atoms with Crippen LogP contribution >= 0.6 is 0 Å². The largest absolute Gasteiger partial charge is 0.448 e. The number of thiol groups is 1. The van der Waals surface area contributed by atoms with Crippen molar-refractivity contribution in [3.05, 3.63) is 84.6 Å². The first-order valence-electron chi connectivity index (χ1n) is 13.8. The summed E-state index contributed by atoms with van der Waals surface area (Å²) in [7, 11) is -2.39. The molecule has 0 fully saturated rings. The number of alkyl halides is 3. The molecule has 2 unspecified atom stereocenters. The zero-order valence-corrected chi connectivity index (χ0v) is 25.4. The quantitative estimate of drug-likeness (QED) is 0.104. The van der Waals surface area contributed by atoms with Gasteiger partial charge in [-0.3, -0.25) is 0 Å². The van der Waals surface area contributed by atoms with E-state index < -0.39 is 34.5 Å². The minimum atomic E-state index is -4.54. The van der Waals surface area contributed by atoms with Gasteiger partial charge in [-0.1, -0.05) is 24.3 Å². The number of aliphatic hydroxyl groups excluding tert-OH is 1. The monoisotopic (exact) mass is 657 g/mol. The van der Waals surface area contributed by atoms with Crippen molar-refractivity contribution in [1.29, 1.82) is 0 Å². The summed E-state index contributed by atoms with van der Waals surface area (Å²) < 4.78 is 59.7. The van der Waals surface area contributed by atoms with Crippen molar-refractivity contribution < 1.29 is 36.8 Å². The SMILES string of the molecule is CCOC(=O)/N=[SH](=O)\c1cccc(Nc2ncc(-c3ccc(NC(=O)Nc4cccc(C(F)(F)F)c4)cc3)c(NC(C)CO)n2)c1. The van der Waals surface area contributed by atoms with E-state index in [1.165, 1.54) is 18.2 Å². The maximum atomic E-state index is 13.0. The summed E-state index contributed by atoms with van der Waals surface area (Å²) in [6, 6.07) is 16.2. The van der Waals surface area contributed by atoms with Crippen LogP contribution in [0, 0.1) is 0 Å². The molecule has 4 aromatic rings. The fourth-order valence-corrected chi connectivity index (χ4v) is 4.74. The maximum Gasteiger partial charge on any atom is 0.441 e. The van der Waals surface area contributed by atoms with E-state index in [0.717, 1.165) is 12.1 Å². The second-order valence-corrected chi connectivity index (χ2v) is 10.9. The topological polar surface area (TPSA) is 167 Å². The molecule has 0 aliphatic heterocycles. The number of amides is 3. The van der Waals surface area contributed by atoms with Crippen molar-refractivity contribution in [2.24, 2.45) is 4.36 Å². The molecule has 3 aromatic carbocycles. The molecule has 0 aliphatic carbocycles. The first-order chi connectivity index (χ1) is 21.9. The summed E-state index contributed by atoms with van der Waals surface area (Å²) in [6.45, 7) is 3.29. The molecule has 2 atom stereocenters. The summed E-state index contributed by atoms with van der Waals surface area (Å²) in [5.74, 6) is 0.553. The highest BCUT2D eigenvalue weighted by Crippen LogP contribution is 2.31. The predicted octanol–water partition coefficient (Wildman–Crippen LogP) is 6.52. The van der Waals surface area contributed by atoms with Crippen molar-refractivity contribution in [1.82, 2.24) is 9.97 Å². The third kappa shape index (κ3) is 9.39. The fourth-order valence-electron chi connectivity index (χ4n) is 3.96. The van der Waals surface area contributed by atoms with Crippen LogP contribution < -0.4 is 21.3 Å². The van der Waals surface area contributed by atoms with Crippen LogP contribution in [0.1, 0.15) is 19.4 Å². The van der Waals surface area contributed by atoms with Gasteiger partial charge in [-0.05, 0) is 67.9 Å². The molecule has 16 heteroatoms. The van der Waals surface area contributed by atoms with E-state index in [0.29, 0.717) is 28.3 Å². The normalized spacial score (nSPS) is 12.6. The third-order valence-corrected chi connectivity index (χ3v) is 7.18. The number of carbonyl (C=O) groups excluding carboxylic acids is 2. The number of ether oxygens (including phenoxy) is 1. The number of aliphatic hydroxyl groups is 1. The van der Waals surface area contributed by atoms with Crippen molar-refractivity contribution in [3.63, 3.8) is 0 Å². The molecule has 0 radical (unpaired) electrons. The Morgan fingerprint density at radius 3 is 2.39 bits per heavy atom. The molecule has 5 N–H and O–H groups in total. The van der Waals surface area contributed by atoms with E-state index in [-0.39, 0.29) is 35.8 Å². The van der Waals surface area contributed by atoms with E-state index in [4.69, 9.17) is 4.74 Å². The molecular formula is C30H30F3N7O5S. The van der Waals surface area contributed by atoms with Gasteiger partial charge in [0.1, 0.15) is 5.82 Å². The maximum absolute atomic E-state index is 13.0. The third-order valence-electron chi connectivity index (χ3n) is 6.11. The second-order valence-electron chi connectivity index (χ2n) is 9.67. The van der Waals surface area contributed by atoms with Crippen LogP contribution in [0.2, 0.25) is 0 Å². The van der Waals surface area contributed by atoms with Crippen molar-refractivity contribution in [3.8, 4) is 11.1 Å². The molecule has 1 heterocycles. The number of anilines is 5. The summed E-state index contributed by atoms with van der Waals surface area (Å²) in [5, 5.41) is 20.7. The van der Waals surface area contributed by atoms with E-state index in [1.54, 1.807) is 62.5 Å². The second kappa shape index (κ2) is 15.2. The number of benzene rings is 3. The highest BCUT2D eigenvalue weighted by molar-refractivity contribution is 7.75. The molecule has 0 aliphatic rings. The van der Waals surface area contributed by atoms with Crippen LogP contribution in [0.4, 0.5) is 51.6 Å². The Balaban J connectivity index is 1.50. The molecule has 0 saturated heterocycles. The Labute approximate surface area is 263 Å². The minimum Gasteiger partial charge on any atom is -0.448 e. The van der Waals surface area contributed by atoms with E-state index in [9.17, 15) is 32.1 Å². The van der Waals surface area contributed by atoms with Crippen molar-refractivity contribution in [2.75, 3.05) is 34.5 Å². The van der Waals surface area contributed by atoms with E-state index in [2.05, 4.69) is 35.6 Å². The average molecular weight is 658 g/mol. The Hall–Kier alpha value is -5.22. The van der Waals surface area contributed by atoms with Crippen LogP contribution in [-0.2, 0) is 21.5 Å². The highest BCUT2D eigenvalue weighted by Gasteiger charge is 2.30. The number of carbonyl (C=O) groups is 2. The molecule has 1 aromatic heterocycles. The van der Waals surface area contributed by atoms with Crippen molar-refractivity contribution >= 4 is 51.5 Å². The first kappa shape index (κ1) is 33.7. The Kier molecular flexibility index (Phi) is 11.1. The number of hydrogen-bond acceptors (Lipinski definition) is 9. The first-order valence-corrected chi connectivity index (χ1v) is 15.0. The predicted molar refractivity (Wildman–Crippen MR) is 169 cm³/mol. The van der Waals surface area contributed by atoms with E-state index >= 15 is 0 Å². The molecule has 242 valence electrons. The van der Waals surface area contributed by atoms with Crippen LogP contribution in [0.5, 0.6) is 0 Å². The number of aromatic nitrogens is 2. The average Bonchev–Trinajstić information content (AvgIpc) is 3.01. The van der Waals surface area contributed by atoms with Crippen molar-refractivity contribution in [2.45, 2.75) is 31.0 Å². The van der Waals surface area contributed by atoms with Gasteiger partial charge >= 0.3 is 18.3 Å². The van der Waals surface area contributed by atoms with Crippen LogP contribution in [-0.4, -0.2) is 50.7 Å². The van der Waals surface area contributed by atoms with Gasteiger partial charge in [0.2, 0.25) is 5.95 Å². The zero-order chi connectivity index (χ0) is 33.3. The molecule has 0 spiro atoms. The molecule has 12 nitrogen and oxygen atoms in total. The minimum absolute atomic E-state index is 0.0178. The number of halogens is 3. The molecule has 4 rings (SSSR count). The smallest absolute Gasteiger partial charge is 0.441 e. The van der Waals surface area contributed by atoms with Gasteiger partial charge in [-0.15, -0.1) is 4.36 Å². The van der Waals surface area contributed by atoms with Gasteiger partial charge < -0.3 is 31.1 Å². The summed E-state index contributed by atoms with van der Waals surface area (Å²) in [4.78, 5) is 33.2. The molecule has 0 bridgehead atoms. The Bertz CT molecular complexity index is 1780. The molecular weight excluding hydrogens is 627 g/mol. The van der Waals surface area contributed by atoms with E-state index in [1.807, 2.05) is 0 Å². The lowest BCUT2D eigenvalue weighted by Crippen LogP contribution is -2.21. The Morgan fingerprint density at radius 1 is 1.00 bits per heavy atom. The summed E-state index contributed by atoms with van der Waals surface area (Å²) >= 11 is 0. The van der Waals surface area contributed by atoms with Gasteiger partial charge in [0.05, 0.1) is 29.4 Å². The molecule has 0 saturated carbocycles. The van der Waals surface area contributed by atoms with Crippen LogP contribution in [0.3, 0.4) is 0 Å². The molecule has 3 amide bonds. The summed E-state index contributed by atoms with van der Waals surface area (Å²) in [6.07, 6.45) is -3.91. The van der Waals surface area contributed by atoms with Gasteiger partial charge in [0, 0.05) is 39.8 Å². The standard InChI is InChI=1S/C30H30F3N7O5S/c1-3-45-29(43)40-46(44)24-9-5-8-23(15-24)36-27-34-16-25(26(39-27)35-18(2)17-41)19-10-12-21(13-11-19)37-28(42)38-22-7-4-6-20(14-22)30(31,32)33/h4-16,18,41,46H,3,17H2,1-2H3,(H2,37,38,42)(H2,34,35,36,39). The highest BCUT2D eigenvalue weighted by atomic mass is 32.2. The number of rotatable bonds is 10. The number of nitrogens with one attached hydrogen (secondary N) is 4. The lowest BCUT2D eigenvalue weighted by Gasteiger charge is -2.17. The lowest BCUT2D eigenvalue weighted by molar-refractivity contribution is -0.137. The van der Waals surface area contributed by atoms with Crippen LogP contribution in [0.15, 0.2) is 88.3 Å². The van der Waals surface area contributed by atoms with Crippen LogP contribution in [0.25, 0.3) is 11.1 Å². The van der Waals surface area contributed by atoms with Gasteiger partial charge in [-0.25, -0.2) is 18.8 Å². The lowest BCUT2D eigenvalue weighted by atomic mass is 10.1. The molecule has 46 heavy (non-hydrogen) atoms. The number of nitrogens with zero attached hydrogens (tertiary/aromatic N) is 3. The van der Waals surface area contributed by atoms with Gasteiger partial charge in [-0.2, -0.15) is 18.2 Å². The summed E-state index contributed by atoms with van der Waals surface area (Å²) in [5.41, 5.74) is 1.17.